The molecule has 0 aliphatic heterocycles. The number of carbonyl (C=O) groups is 1. The van der Waals surface area contributed by atoms with Gasteiger partial charge < -0.3 is 10.2 Å². The van der Waals surface area contributed by atoms with Crippen molar-refractivity contribution in [3.05, 3.63) is 11.1 Å². The summed E-state index contributed by atoms with van der Waals surface area (Å²) < 4.78 is 0. The number of hydrogen-bond acceptors (Lipinski definition) is 2. The van der Waals surface area contributed by atoms with Gasteiger partial charge >= 0.3 is 5.97 Å². The summed E-state index contributed by atoms with van der Waals surface area (Å²) in [6.07, 6.45) is 31.6. The van der Waals surface area contributed by atoms with E-state index in [2.05, 4.69) is 0 Å². The summed E-state index contributed by atoms with van der Waals surface area (Å²) in [4.78, 5) is 13.2. The molecule has 3 aliphatic rings. The minimum atomic E-state index is -1.15. The topological polar surface area (TPSA) is 57.5 Å². The lowest BCUT2D eigenvalue weighted by molar-refractivity contribution is -0.135. The van der Waals surface area contributed by atoms with Crippen molar-refractivity contribution in [3.8, 4) is 0 Å². The summed E-state index contributed by atoms with van der Waals surface area (Å²) in [6.45, 7) is 0. The molecular formula is C33H58O3. The van der Waals surface area contributed by atoms with Gasteiger partial charge in [-0.1, -0.05) is 140 Å². The number of hydrogen-bond donors (Lipinski definition) is 2. The van der Waals surface area contributed by atoms with Gasteiger partial charge in [0.15, 0.2) is 0 Å². The van der Waals surface area contributed by atoms with Crippen molar-refractivity contribution in [1.29, 1.82) is 0 Å². The number of allylic oxidation sites excluding steroid dienone is 1. The molecule has 3 fully saturated rings. The second-order valence-electron chi connectivity index (χ2n) is 12.6. The van der Waals surface area contributed by atoms with Crippen LogP contribution in [0.2, 0.25) is 0 Å². The number of carboxylic acids is 1. The van der Waals surface area contributed by atoms with Crippen LogP contribution in [0.4, 0.5) is 0 Å². The molecule has 0 unspecified atom stereocenters. The first-order valence-electron chi connectivity index (χ1n) is 16.3. The van der Waals surface area contributed by atoms with Gasteiger partial charge in [0.1, 0.15) is 0 Å². The van der Waals surface area contributed by atoms with Gasteiger partial charge in [-0.3, -0.25) is 0 Å². The zero-order chi connectivity index (χ0) is 25.5. The van der Waals surface area contributed by atoms with Crippen molar-refractivity contribution < 1.29 is 15.0 Å². The fourth-order valence-corrected chi connectivity index (χ4v) is 7.67. The Labute approximate surface area is 222 Å². The molecule has 0 aromatic rings. The second kappa shape index (κ2) is 16.9. The van der Waals surface area contributed by atoms with E-state index in [0.717, 1.165) is 51.4 Å². The third kappa shape index (κ3) is 9.80. The van der Waals surface area contributed by atoms with Gasteiger partial charge in [0, 0.05) is 0 Å². The van der Waals surface area contributed by atoms with Gasteiger partial charge in [0.05, 0.1) is 11.2 Å². The fourth-order valence-electron chi connectivity index (χ4n) is 7.67. The van der Waals surface area contributed by atoms with Gasteiger partial charge in [-0.25, -0.2) is 4.79 Å². The third-order valence-corrected chi connectivity index (χ3v) is 9.74. The lowest BCUT2D eigenvalue weighted by Crippen LogP contribution is -2.39. The highest BCUT2D eigenvalue weighted by atomic mass is 16.4. The molecule has 0 radical (unpaired) electrons. The standard InChI is InChI=1S/C33H58O3/c34-32(35)31(33(36)26-20-14-8-3-9-15-21-27-33)30(28-22-16-10-4-1-5-11-17-23-28)29-24-18-12-6-2-7-13-19-25-29/h28-29,36H,1-27H2,(H,34,35). The summed E-state index contributed by atoms with van der Waals surface area (Å²) in [5.74, 6) is -0.109. The highest BCUT2D eigenvalue weighted by Gasteiger charge is 2.41. The van der Waals surface area contributed by atoms with Crippen molar-refractivity contribution in [2.75, 3.05) is 0 Å². The number of aliphatic carboxylic acids is 1. The molecule has 0 atom stereocenters. The first kappa shape index (κ1) is 29.7. The fraction of sp³-hybridized carbons (Fsp3) is 0.909. The van der Waals surface area contributed by atoms with Crippen LogP contribution in [0.25, 0.3) is 0 Å². The highest BCUT2D eigenvalue weighted by molar-refractivity contribution is 5.90. The molecule has 2 N–H and O–H groups in total. The van der Waals surface area contributed by atoms with Crippen LogP contribution in [0.5, 0.6) is 0 Å². The molecule has 0 heterocycles. The van der Waals surface area contributed by atoms with E-state index >= 15 is 0 Å². The Bertz CT molecular complexity index is 593. The van der Waals surface area contributed by atoms with Gasteiger partial charge in [-0.2, -0.15) is 0 Å². The summed E-state index contributed by atoms with van der Waals surface area (Å²) in [7, 11) is 0. The molecule has 3 saturated carbocycles. The molecule has 0 amide bonds. The maximum atomic E-state index is 13.2. The van der Waals surface area contributed by atoms with Crippen LogP contribution >= 0.6 is 0 Å². The van der Waals surface area contributed by atoms with Crippen LogP contribution < -0.4 is 0 Å². The molecule has 36 heavy (non-hydrogen) atoms. The lowest BCUT2D eigenvalue weighted by Gasteiger charge is -2.37. The van der Waals surface area contributed by atoms with Crippen LogP contribution in [0.15, 0.2) is 11.1 Å². The molecule has 208 valence electrons. The van der Waals surface area contributed by atoms with Crippen molar-refractivity contribution in [2.24, 2.45) is 11.8 Å². The van der Waals surface area contributed by atoms with E-state index in [1.165, 1.54) is 115 Å². The maximum absolute atomic E-state index is 13.2. The average Bonchev–Trinajstić information content (AvgIpc) is 2.88. The molecule has 0 aromatic heterocycles. The molecule has 0 spiro atoms. The molecule has 0 bridgehead atoms. The Morgan fingerprint density at radius 3 is 1.06 bits per heavy atom. The predicted molar refractivity (Wildman–Crippen MR) is 151 cm³/mol. The predicted octanol–water partition coefficient (Wildman–Crippen LogP) is 9.90. The highest BCUT2D eigenvalue weighted by Crippen LogP contribution is 2.44. The number of rotatable bonds is 4. The Morgan fingerprint density at radius 1 is 0.472 bits per heavy atom. The third-order valence-electron chi connectivity index (χ3n) is 9.74. The molecule has 3 heteroatoms. The van der Waals surface area contributed by atoms with Crippen molar-refractivity contribution >= 4 is 5.97 Å². The Morgan fingerprint density at radius 2 is 0.750 bits per heavy atom. The number of aliphatic hydroxyl groups is 1. The van der Waals surface area contributed by atoms with Crippen molar-refractivity contribution in [2.45, 2.75) is 179 Å². The quantitative estimate of drug-likeness (QED) is 0.376. The molecule has 3 aliphatic carbocycles. The van der Waals surface area contributed by atoms with Gasteiger partial charge in [-0.15, -0.1) is 0 Å². The van der Waals surface area contributed by atoms with Gasteiger partial charge in [-0.05, 0) is 50.4 Å². The van der Waals surface area contributed by atoms with Crippen molar-refractivity contribution in [1.82, 2.24) is 0 Å². The summed E-state index contributed by atoms with van der Waals surface area (Å²) in [6, 6.07) is 0. The van der Waals surface area contributed by atoms with Gasteiger partial charge in [0.25, 0.3) is 0 Å². The van der Waals surface area contributed by atoms with Crippen LogP contribution in [-0.2, 0) is 4.79 Å². The van der Waals surface area contributed by atoms with E-state index in [0.29, 0.717) is 30.3 Å². The Balaban J connectivity index is 2.03. The lowest BCUT2D eigenvalue weighted by atomic mass is 9.70. The van der Waals surface area contributed by atoms with Crippen LogP contribution in [0.3, 0.4) is 0 Å². The zero-order valence-electron chi connectivity index (χ0n) is 23.5. The Kier molecular flexibility index (Phi) is 14.0. The molecule has 3 rings (SSSR count). The van der Waals surface area contributed by atoms with E-state index < -0.39 is 11.6 Å². The maximum Gasteiger partial charge on any atom is 0.334 e. The summed E-state index contributed by atoms with van der Waals surface area (Å²) in [5.41, 5.74) is 0.554. The van der Waals surface area contributed by atoms with E-state index in [-0.39, 0.29) is 0 Å². The average molecular weight is 503 g/mol. The molecule has 0 aromatic carbocycles. The minimum absolute atomic E-state index is 0.349. The zero-order valence-corrected chi connectivity index (χ0v) is 23.5. The first-order chi connectivity index (χ1) is 17.6. The monoisotopic (exact) mass is 502 g/mol. The number of carboxylic acid groups (broad SMARTS) is 1. The molecular weight excluding hydrogens is 444 g/mol. The molecule has 3 nitrogen and oxygen atoms in total. The smallest absolute Gasteiger partial charge is 0.334 e. The van der Waals surface area contributed by atoms with Crippen LogP contribution in [0, 0.1) is 11.8 Å². The summed E-state index contributed by atoms with van der Waals surface area (Å²) >= 11 is 0. The van der Waals surface area contributed by atoms with E-state index in [9.17, 15) is 15.0 Å². The van der Waals surface area contributed by atoms with Crippen LogP contribution in [0.1, 0.15) is 173 Å². The first-order valence-corrected chi connectivity index (χ1v) is 16.3. The van der Waals surface area contributed by atoms with Crippen LogP contribution in [-0.4, -0.2) is 21.8 Å². The minimum Gasteiger partial charge on any atom is -0.478 e. The van der Waals surface area contributed by atoms with E-state index in [1.807, 2.05) is 0 Å². The van der Waals surface area contributed by atoms with Crippen molar-refractivity contribution in [3.63, 3.8) is 0 Å². The Hall–Kier alpha value is -0.830. The van der Waals surface area contributed by atoms with Gasteiger partial charge in [0.2, 0.25) is 0 Å². The summed E-state index contributed by atoms with van der Waals surface area (Å²) in [5, 5.41) is 23.1. The largest absolute Gasteiger partial charge is 0.478 e. The SMILES string of the molecule is O=C(O)C(=C(C1CCCCCCCCC1)C1CCCCCCCCC1)C1(O)CCCCCCCCC1. The van der Waals surface area contributed by atoms with E-state index in [1.54, 1.807) is 0 Å². The second-order valence-corrected chi connectivity index (χ2v) is 12.6. The van der Waals surface area contributed by atoms with E-state index in [4.69, 9.17) is 0 Å². The normalized spacial score (nSPS) is 25.4. The molecule has 0 saturated heterocycles.